The highest BCUT2D eigenvalue weighted by atomic mass is 16.6. The van der Waals surface area contributed by atoms with E-state index in [4.69, 9.17) is 4.74 Å². The summed E-state index contributed by atoms with van der Waals surface area (Å²) in [5.41, 5.74) is 6.01. The van der Waals surface area contributed by atoms with E-state index in [-0.39, 0.29) is 29.3 Å². The van der Waals surface area contributed by atoms with Crippen LogP contribution in [-0.4, -0.2) is 44.3 Å². The number of hydrazone groups is 2. The summed E-state index contributed by atoms with van der Waals surface area (Å²) in [5.74, 6) is 0.0400. The number of aromatic nitrogens is 3. The Labute approximate surface area is 180 Å². The van der Waals surface area contributed by atoms with E-state index in [0.29, 0.717) is 11.1 Å². The Morgan fingerprint density at radius 2 is 1.31 bits per heavy atom. The molecule has 14 nitrogen and oxygen atoms in total. The second-order valence-electron chi connectivity index (χ2n) is 5.91. The minimum absolute atomic E-state index is 0.0200. The van der Waals surface area contributed by atoms with Crippen molar-refractivity contribution in [2.45, 2.75) is 0 Å². The molecular formula is C18H15N9O5. The highest BCUT2D eigenvalue weighted by Gasteiger charge is 2.07. The largest absolute Gasteiger partial charge is 0.467 e. The summed E-state index contributed by atoms with van der Waals surface area (Å²) in [6.45, 7) is 0. The van der Waals surface area contributed by atoms with Crippen LogP contribution < -0.4 is 15.6 Å². The summed E-state index contributed by atoms with van der Waals surface area (Å²) in [7, 11) is 1.36. The van der Waals surface area contributed by atoms with Gasteiger partial charge in [-0.15, -0.1) is 0 Å². The van der Waals surface area contributed by atoms with Crippen molar-refractivity contribution in [1.29, 1.82) is 0 Å². The fraction of sp³-hybridized carbons (Fsp3) is 0.0556. The third-order valence-corrected chi connectivity index (χ3v) is 3.72. The topological polar surface area (TPSA) is 183 Å². The summed E-state index contributed by atoms with van der Waals surface area (Å²) in [6.07, 6.45) is 2.72. The van der Waals surface area contributed by atoms with E-state index in [1.54, 1.807) is 12.1 Å². The first-order valence-corrected chi connectivity index (χ1v) is 8.82. The zero-order valence-electron chi connectivity index (χ0n) is 16.4. The molecule has 0 aliphatic carbocycles. The van der Waals surface area contributed by atoms with E-state index in [9.17, 15) is 20.2 Å². The van der Waals surface area contributed by atoms with Crippen LogP contribution >= 0.6 is 0 Å². The second-order valence-corrected chi connectivity index (χ2v) is 5.91. The molecule has 0 aliphatic rings. The van der Waals surface area contributed by atoms with Gasteiger partial charge >= 0.3 is 6.01 Å². The van der Waals surface area contributed by atoms with Crippen LogP contribution in [0, 0.1) is 20.2 Å². The number of rotatable bonds is 9. The molecule has 3 aromatic rings. The van der Waals surface area contributed by atoms with Crippen molar-refractivity contribution in [1.82, 2.24) is 15.0 Å². The minimum Gasteiger partial charge on any atom is -0.467 e. The smallest absolute Gasteiger partial charge is 0.322 e. The van der Waals surface area contributed by atoms with Gasteiger partial charge in [0.15, 0.2) is 0 Å². The summed E-state index contributed by atoms with van der Waals surface area (Å²) in [6, 6.07) is 11.8. The Hall–Kier alpha value is -5.01. The van der Waals surface area contributed by atoms with Gasteiger partial charge in [-0.25, -0.2) is 10.9 Å². The third kappa shape index (κ3) is 5.99. The molecule has 32 heavy (non-hydrogen) atoms. The molecule has 0 amide bonds. The molecular weight excluding hydrogens is 422 g/mol. The van der Waals surface area contributed by atoms with Gasteiger partial charge in [0.25, 0.3) is 23.3 Å². The second kappa shape index (κ2) is 10.1. The molecule has 0 saturated carbocycles. The van der Waals surface area contributed by atoms with Crippen molar-refractivity contribution in [2.75, 3.05) is 18.0 Å². The quantitative estimate of drug-likeness (QED) is 0.286. The molecule has 0 unspecified atom stereocenters. The van der Waals surface area contributed by atoms with Crippen LogP contribution in [0.25, 0.3) is 0 Å². The van der Waals surface area contributed by atoms with E-state index in [1.807, 2.05) is 0 Å². The van der Waals surface area contributed by atoms with Gasteiger partial charge in [0, 0.05) is 35.4 Å². The summed E-state index contributed by atoms with van der Waals surface area (Å²) >= 11 is 0. The molecule has 0 bridgehead atoms. The first kappa shape index (κ1) is 21.7. The lowest BCUT2D eigenvalue weighted by Crippen LogP contribution is -2.05. The Morgan fingerprint density at radius 3 is 1.72 bits per heavy atom. The third-order valence-electron chi connectivity index (χ3n) is 3.72. The molecule has 0 spiro atoms. The van der Waals surface area contributed by atoms with Crippen LogP contribution in [0.3, 0.4) is 0 Å². The molecule has 1 aromatic heterocycles. The fourth-order valence-corrected chi connectivity index (χ4v) is 2.31. The number of hydrogen-bond acceptors (Lipinski definition) is 12. The summed E-state index contributed by atoms with van der Waals surface area (Å²) in [4.78, 5) is 32.7. The number of hydrogen-bond donors (Lipinski definition) is 2. The Kier molecular flexibility index (Phi) is 6.88. The number of anilines is 2. The molecule has 0 radical (unpaired) electrons. The van der Waals surface area contributed by atoms with E-state index in [1.165, 1.54) is 55.9 Å². The molecule has 2 aromatic carbocycles. The monoisotopic (exact) mass is 437 g/mol. The Balaban J connectivity index is 1.70. The molecule has 0 fully saturated rings. The molecule has 1 heterocycles. The Morgan fingerprint density at radius 1 is 0.844 bits per heavy atom. The predicted molar refractivity (Wildman–Crippen MR) is 115 cm³/mol. The lowest BCUT2D eigenvalue weighted by atomic mass is 10.2. The van der Waals surface area contributed by atoms with Gasteiger partial charge in [0.1, 0.15) is 0 Å². The number of non-ortho nitro benzene ring substituents is 2. The minimum atomic E-state index is -0.506. The standard InChI is InChI=1S/C18H15N9O5/c1-32-18-22-16(24-19-10-12-4-2-6-14(8-12)26(28)29)21-17(23-18)25-20-11-13-5-3-7-15(9-13)27(30)31/h2-11H,1H3,(H2,21,22,23,24,25). The zero-order valence-corrected chi connectivity index (χ0v) is 16.4. The molecule has 0 saturated heterocycles. The number of nitro groups is 2. The predicted octanol–water partition coefficient (Wildman–Crippen LogP) is 2.59. The van der Waals surface area contributed by atoms with Crippen molar-refractivity contribution < 1.29 is 14.6 Å². The number of nitrogens with zero attached hydrogens (tertiary/aromatic N) is 7. The maximum atomic E-state index is 10.8. The fourth-order valence-electron chi connectivity index (χ4n) is 2.31. The van der Waals surface area contributed by atoms with Crippen molar-refractivity contribution in [3.05, 3.63) is 79.9 Å². The van der Waals surface area contributed by atoms with Crippen LogP contribution in [0.4, 0.5) is 23.3 Å². The Bertz CT molecular complexity index is 1110. The highest BCUT2D eigenvalue weighted by molar-refractivity contribution is 5.81. The van der Waals surface area contributed by atoms with Crippen LogP contribution in [0.1, 0.15) is 11.1 Å². The number of nitrogens with one attached hydrogen (secondary N) is 2. The van der Waals surface area contributed by atoms with Gasteiger partial charge < -0.3 is 4.74 Å². The molecule has 0 aliphatic heterocycles. The molecule has 2 N–H and O–H groups in total. The summed E-state index contributed by atoms with van der Waals surface area (Å²) < 4.78 is 5.01. The average molecular weight is 437 g/mol. The SMILES string of the molecule is COc1nc(NN=Cc2cccc([N+](=O)[O-])c2)nc(NN=Cc2cccc([N+](=O)[O-])c2)n1. The first-order chi connectivity index (χ1) is 15.4. The van der Waals surface area contributed by atoms with Crippen LogP contribution in [0.5, 0.6) is 6.01 Å². The number of ether oxygens (including phenoxy) is 1. The lowest BCUT2D eigenvalue weighted by molar-refractivity contribution is -0.385. The maximum absolute atomic E-state index is 10.8. The van der Waals surface area contributed by atoms with Crippen LogP contribution in [0.15, 0.2) is 58.7 Å². The van der Waals surface area contributed by atoms with Crippen LogP contribution in [-0.2, 0) is 0 Å². The van der Waals surface area contributed by atoms with Gasteiger partial charge in [-0.05, 0) is 0 Å². The molecule has 162 valence electrons. The average Bonchev–Trinajstić information content (AvgIpc) is 2.79. The van der Waals surface area contributed by atoms with Crippen LogP contribution in [0.2, 0.25) is 0 Å². The lowest BCUT2D eigenvalue weighted by Gasteiger charge is -2.04. The van der Waals surface area contributed by atoms with E-state index in [2.05, 4.69) is 36.0 Å². The van der Waals surface area contributed by atoms with E-state index >= 15 is 0 Å². The van der Waals surface area contributed by atoms with Crippen molar-refractivity contribution in [2.24, 2.45) is 10.2 Å². The molecule has 14 heteroatoms. The number of nitro benzene ring substituents is 2. The van der Waals surface area contributed by atoms with Gasteiger partial charge in [0.2, 0.25) is 0 Å². The number of benzene rings is 2. The molecule has 0 atom stereocenters. The van der Waals surface area contributed by atoms with Gasteiger partial charge in [-0.3, -0.25) is 20.2 Å². The molecule has 3 rings (SSSR count). The number of methoxy groups -OCH3 is 1. The first-order valence-electron chi connectivity index (χ1n) is 8.82. The van der Waals surface area contributed by atoms with Gasteiger partial charge in [-0.2, -0.15) is 25.2 Å². The summed E-state index contributed by atoms with van der Waals surface area (Å²) in [5, 5.41) is 29.6. The zero-order chi connectivity index (χ0) is 22.9. The van der Waals surface area contributed by atoms with Gasteiger partial charge in [0.05, 0.1) is 29.4 Å². The highest BCUT2D eigenvalue weighted by Crippen LogP contribution is 2.14. The van der Waals surface area contributed by atoms with Crippen molar-refractivity contribution >= 4 is 35.7 Å². The van der Waals surface area contributed by atoms with E-state index in [0.717, 1.165) is 0 Å². The van der Waals surface area contributed by atoms with E-state index < -0.39 is 9.85 Å². The van der Waals surface area contributed by atoms with Crippen molar-refractivity contribution in [3.8, 4) is 6.01 Å². The van der Waals surface area contributed by atoms with Gasteiger partial charge in [-0.1, -0.05) is 24.3 Å². The van der Waals surface area contributed by atoms with Crippen molar-refractivity contribution in [3.63, 3.8) is 0 Å². The maximum Gasteiger partial charge on any atom is 0.322 e. The normalized spacial score (nSPS) is 10.9.